The molecule has 20 heavy (non-hydrogen) atoms. The molecular formula is C16H24FN2O+. The van der Waals surface area contributed by atoms with E-state index in [4.69, 9.17) is 0 Å². The molecule has 0 spiro atoms. The third-order valence-corrected chi connectivity index (χ3v) is 3.97. The molecule has 1 aliphatic heterocycles. The molecule has 0 saturated carbocycles. The van der Waals surface area contributed by atoms with Crippen molar-refractivity contribution in [1.82, 2.24) is 5.32 Å². The highest BCUT2D eigenvalue weighted by atomic mass is 19.1. The lowest BCUT2D eigenvalue weighted by Crippen LogP contribution is -3.13. The lowest BCUT2D eigenvalue weighted by Gasteiger charge is -2.19. The van der Waals surface area contributed by atoms with Crippen molar-refractivity contribution in [1.29, 1.82) is 0 Å². The van der Waals surface area contributed by atoms with Gasteiger partial charge in [0.15, 0.2) is 6.54 Å². The Morgan fingerprint density at radius 2 is 1.80 bits per heavy atom. The molecular weight excluding hydrogens is 255 g/mol. The number of halogens is 1. The third-order valence-electron chi connectivity index (χ3n) is 3.97. The summed E-state index contributed by atoms with van der Waals surface area (Å²) in [7, 11) is 0. The van der Waals surface area contributed by atoms with Crippen LogP contribution in [0.4, 0.5) is 4.39 Å². The van der Waals surface area contributed by atoms with Crippen LogP contribution >= 0.6 is 0 Å². The minimum atomic E-state index is -0.249. The summed E-state index contributed by atoms with van der Waals surface area (Å²) >= 11 is 0. The van der Waals surface area contributed by atoms with Gasteiger partial charge in [-0.25, -0.2) is 4.39 Å². The molecule has 0 aromatic heterocycles. The van der Waals surface area contributed by atoms with Gasteiger partial charge in [-0.05, 0) is 50.3 Å². The molecule has 1 atom stereocenters. The first-order chi connectivity index (χ1) is 9.65. The number of rotatable bonds is 4. The van der Waals surface area contributed by atoms with Crippen molar-refractivity contribution in [3.05, 3.63) is 35.6 Å². The molecule has 1 aromatic carbocycles. The fourth-order valence-electron chi connectivity index (χ4n) is 2.76. The highest BCUT2D eigenvalue weighted by molar-refractivity contribution is 5.77. The molecule has 2 N–H and O–H groups in total. The number of nitrogens with one attached hydrogen (secondary N) is 2. The van der Waals surface area contributed by atoms with Crippen molar-refractivity contribution >= 4 is 5.91 Å². The number of amides is 1. The lowest BCUT2D eigenvalue weighted by molar-refractivity contribution is -0.891. The topological polar surface area (TPSA) is 33.5 Å². The van der Waals surface area contributed by atoms with Crippen LogP contribution in [0, 0.1) is 5.82 Å². The maximum atomic E-state index is 12.9. The van der Waals surface area contributed by atoms with E-state index in [9.17, 15) is 9.18 Å². The standard InChI is InChI=1S/C16H23FN2O/c1-13(14-6-8-15(17)9-7-14)18-16(20)12-19-10-4-2-3-5-11-19/h6-9,13H,2-5,10-12H2,1H3,(H,18,20)/p+1/t13-/m0/s1. The summed E-state index contributed by atoms with van der Waals surface area (Å²) in [4.78, 5) is 13.4. The van der Waals surface area contributed by atoms with Crippen molar-refractivity contribution in [2.24, 2.45) is 0 Å². The van der Waals surface area contributed by atoms with Gasteiger partial charge in [-0.15, -0.1) is 0 Å². The third kappa shape index (κ3) is 4.60. The van der Waals surface area contributed by atoms with Gasteiger partial charge in [0.25, 0.3) is 5.91 Å². The predicted molar refractivity (Wildman–Crippen MR) is 77.0 cm³/mol. The Morgan fingerprint density at radius 3 is 2.40 bits per heavy atom. The molecule has 0 bridgehead atoms. The van der Waals surface area contributed by atoms with E-state index in [1.807, 2.05) is 6.92 Å². The van der Waals surface area contributed by atoms with Crippen molar-refractivity contribution in [3.63, 3.8) is 0 Å². The zero-order valence-corrected chi connectivity index (χ0v) is 12.1. The van der Waals surface area contributed by atoms with E-state index in [0.717, 1.165) is 18.7 Å². The van der Waals surface area contributed by atoms with E-state index in [-0.39, 0.29) is 17.8 Å². The first kappa shape index (κ1) is 15.0. The Balaban J connectivity index is 1.82. The van der Waals surface area contributed by atoms with Crippen LogP contribution in [0.5, 0.6) is 0 Å². The molecule has 1 aliphatic rings. The normalized spacial score (nSPS) is 18.3. The molecule has 1 amide bonds. The number of benzene rings is 1. The Bertz CT molecular complexity index is 425. The molecule has 1 saturated heterocycles. The fraction of sp³-hybridized carbons (Fsp3) is 0.562. The largest absolute Gasteiger partial charge is 0.345 e. The number of quaternary nitrogens is 1. The van der Waals surface area contributed by atoms with Crippen molar-refractivity contribution in [2.75, 3.05) is 19.6 Å². The molecule has 1 aromatic rings. The van der Waals surface area contributed by atoms with Gasteiger partial charge >= 0.3 is 0 Å². The van der Waals surface area contributed by atoms with Crippen LogP contribution in [0.2, 0.25) is 0 Å². The summed E-state index contributed by atoms with van der Waals surface area (Å²) in [5, 5.41) is 3.00. The highest BCUT2D eigenvalue weighted by Gasteiger charge is 2.17. The number of hydrogen-bond donors (Lipinski definition) is 2. The number of likely N-dealkylation sites (tertiary alicyclic amines) is 1. The first-order valence-electron chi connectivity index (χ1n) is 7.53. The van der Waals surface area contributed by atoms with Gasteiger partial charge in [0.05, 0.1) is 19.1 Å². The van der Waals surface area contributed by atoms with Crippen LogP contribution < -0.4 is 10.2 Å². The van der Waals surface area contributed by atoms with Gasteiger partial charge in [-0.1, -0.05) is 12.1 Å². The number of carbonyl (C=O) groups excluding carboxylic acids is 1. The zero-order valence-electron chi connectivity index (χ0n) is 12.1. The minimum absolute atomic E-state index is 0.0746. The molecule has 0 unspecified atom stereocenters. The summed E-state index contributed by atoms with van der Waals surface area (Å²) in [6.07, 6.45) is 5.01. The monoisotopic (exact) mass is 279 g/mol. The Labute approximate surface area is 120 Å². The molecule has 1 fully saturated rings. The van der Waals surface area contributed by atoms with Gasteiger partial charge in [0.1, 0.15) is 5.82 Å². The van der Waals surface area contributed by atoms with Gasteiger partial charge in [0.2, 0.25) is 0 Å². The van der Waals surface area contributed by atoms with Gasteiger partial charge in [-0.2, -0.15) is 0 Å². The van der Waals surface area contributed by atoms with E-state index in [1.54, 1.807) is 12.1 Å². The molecule has 1 heterocycles. The summed E-state index contributed by atoms with van der Waals surface area (Å²) in [5.41, 5.74) is 0.936. The summed E-state index contributed by atoms with van der Waals surface area (Å²) < 4.78 is 12.9. The van der Waals surface area contributed by atoms with E-state index in [2.05, 4.69) is 5.32 Å². The summed E-state index contributed by atoms with van der Waals surface area (Å²) in [6, 6.07) is 6.23. The van der Waals surface area contributed by atoms with Gasteiger partial charge in [0, 0.05) is 0 Å². The van der Waals surface area contributed by atoms with E-state index in [1.165, 1.54) is 42.7 Å². The number of carbonyl (C=O) groups is 1. The highest BCUT2D eigenvalue weighted by Crippen LogP contribution is 2.12. The van der Waals surface area contributed by atoms with Crippen molar-refractivity contribution in [2.45, 2.75) is 38.6 Å². The predicted octanol–water partition coefficient (Wildman–Crippen LogP) is 1.46. The van der Waals surface area contributed by atoms with Crippen LogP contribution in [0.25, 0.3) is 0 Å². The zero-order chi connectivity index (χ0) is 14.4. The Kier molecular flexibility index (Phi) is 5.53. The molecule has 110 valence electrons. The average molecular weight is 279 g/mol. The maximum absolute atomic E-state index is 12.9. The summed E-state index contributed by atoms with van der Waals surface area (Å²) in [6.45, 7) is 4.67. The van der Waals surface area contributed by atoms with Crippen LogP contribution in [-0.4, -0.2) is 25.5 Å². The molecule has 3 nitrogen and oxygen atoms in total. The van der Waals surface area contributed by atoms with E-state index >= 15 is 0 Å². The minimum Gasteiger partial charge on any atom is -0.345 e. The van der Waals surface area contributed by atoms with Crippen LogP contribution in [0.15, 0.2) is 24.3 Å². The van der Waals surface area contributed by atoms with Gasteiger partial charge in [-0.3, -0.25) is 4.79 Å². The quantitative estimate of drug-likeness (QED) is 0.859. The summed E-state index contributed by atoms with van der Waals surface area (Å²) in [5.74, 6) is -0.167. The van der Waals surface area contributed by atoms with Crippen LogP contribution in [-0.2, 0) is 4.79 Å². The maximum Gasteiger partial charge on any atom is 0.275 e. The smallest absolute Gasteiger partial charge is 0.275 e. The van der Waals surface area contributed by atoms with E-state index < -0.39 is 0 Å². The van der Waals surface area contributed by atoms with Crippen LogP contribution in [0.3, 0.4) is 0 Å². The fourth-order valence-corrected chi connectivity index (χ4v) is 2.76. The van der Waals surface area contributed by atoms with Crippen molar-refractivity contribution in [3.8, 4) is 0 Å². The molecule has 0 radical (unpaired) electrons. The SMILES string of the molecule is C[C@H](NC(=O)C[NH+]1CCCCCC1)c1ccc(F)cc1. The Morgan fingerprint density at radius 1 is 1.20 bits per heavy atom. The molecule has 4 heteroatoms. The van der Waals surface area contributed by atoms with Gasteiger partial charge < -0.3 is 10.2 Å². The van der Waals surface area contributed by atoms with Crippen molar-refractivity contribution < 1.29 is 14.1 Å². The second-order valence-corrected chi connectivity index (χ2v) is 5.68. The van der Waals surface area contributed by atoms with E-state index in [0.29, 0.717) is 6.54 Å². The average Bonchev–Trinajstić information content (AvgIpc) is 2.68. The first-order valence-corrected chi connectivity index (χ1v) is 7.53. The van der Waals surface area contributed by atoms with Crippen LogP contribution in [0.1, 0.15) is 44.2 Å². The molecule has 2 rings (SSSR count). The molecule has 0 aliphatic carbocycles. The number of hydrogen-bond acceptors (Lipinski definition) is 1. The second-order valence-electron chi connectivity index (χ2n) is 5.68. The Hall–Kier alpha value is -1.42. The lowest BCUT2D eigenvalue weighted by atomic mass is 10.1. The second kappa shape index (κ2) is 7.39.